The van der Waals surface area contributed by atoms with Gasteiger partial charge in [0.25, 0.3) is 0 Å². The van der Waals surface area contributed by atoms with Crippen LogP contribution in [0.25, 0.3) is 21.5 Å². The highest BCUT2D eigenvalue weighted by Gasteiger charge is 2.26. The second kappa shape index (κ2) is 8.01. The van der Waals surface area contributed by atoms with Gasteiger partial charge in [-0.3, -0.25) is 4.52 Å². The van der Waals surface area contributed by atoms with Crippen molar-refractivity contribution in [3.8, 4) is 5.75 Å². The van der Waals surface area contributed by atoms with Crippen molar-refractivity contribution in [3.63, 3.8) is 0 Å². The van der Waals surface area contributed by atoms with Gasteiger partial charge in [-0.2, -0.15) is 0 Å². The van der Waals surface area contributed by atoms with Gasteiger partial charge in [-0.15, -0.1) is 0 Å². The maximum atomic E-state index is 12.9. The monoisotopic (exact) mass is 394 g/mol. The minimum atomic E-state index is -3.25. The molecule has 1 unspecified atom stereocenters. The van der Waals surface area contributed by atoms with Crippen molar-refractivity contribution in [2.75, 3.05) is 12.4 Å². The van der Waals surface area contributed by atoms with Crippen LogP contribution in [0.3, 0.4) is 0 Å². The van der Waals surface area contributed by atoms with Crippen LogP contribution in [-0.4, -0.2) is 12.4 Å². The maximum absolute atomic E-state index is 12.9. The van der Waals surface area contributed by atoms with E-state index in [1.807, 2.05) is 32.0 Å². The van der Waals surface area contributed by atoms with Gasteiger partial charge < -0.3 is 4.52 Å². The Hall–Kier alpha value is -1.19. The first-order chi connectivity index (χ1) is 12.0. The third-order valence-corrected chi connectivity index (χ3v) is 7.96. The SMILES string of the molecule is CCCSP(=O)(OCC)Oc1cc(Cl)c2cc3ccccc3cc2c1. The highest BCUT2D eigenvalue weighted by molar-refractivity contribution is 8.55. The summed E-state index contributed by atoms with van der Waals surface area (Å²) in [5.74, 6) is 1.18. The number of rotatable bonds is 7. The summed E-state index contributed by atoms with van der Waals surface area (Å²) in [7, 11) is 0. The fraction of sp³-hybridized carbons (Fsp3) is 0.263. The highest BCUT2D eigenvalue weighted by Crippen LogP contribution is 2.60. The summed E-state index contributed by atoms with van der Waals surface area (Å²) in [5, 5.41) is 4.72. The molecule has 0 amide bonds. The Morgan fingerprint density at radius 3 is 2.44 bits per heavy atom. The summed E-state index contributed by atoms with van der Waals surface area (Å²) in [6, 6.07) is 15.8. The lowest BCUT2D eigenvalue weighted by Gasteiger charge is -2.18. The zero-order valence-electron chi connectivity index (χ0n) is 14.2. The van der Waals surface area contributed by atoms with Crippen molar-refractivity contribution in [2.24, 2.45) is 0 Å². The molecular formula is C19H20ClO3PS. The lowest BCUT2D eigenvalue weighted by atomic mass is 10.0. The summed E-state index contributed by atoms with van der Waals surface area (Å²) in [4.78, 5) is 0. The standard InChI is InChI=1S/C19H20ClO3PS/c1-3-9-25-24(21,22-4-2)23-17-11-16-10-14-7-5-6-8-15(14)12-18(16)19(20)13-17/h5-8,10-13H,3-4,9H2,1-2H3. The van der Waals surface area contributed by atoms with E-state index in [0.717, 1.165) is 28.0 Å². The van der Waals surface area contributed by atoms with Crippen molar-refractivity contribution >= 4 is 51.3 Å². The van der Waals surface area contributed by atoms with E-state index in [1.165, 1.54) is 11.4 Å². The summed E-state index contributed by atoms with van der Waals surface area (Å²) >= 11 is 7.68. The molecule has 0 saturated heterocycles. The molecule has 0 fully saturated rings. The molecule has 3 aromatic rings. The van der Waals surface area contributed by atoms with E-state index in [4.69, 9.17) is 20.6 Å². The van der Waals surface area contributed by atoms with E-state index in [0.29, 0.717) is 23.1 Å². The number of hydrogen-bond donors (Lipinski definition) is 0. The van der Waals surface area contributed by atoms with Crippen molar-refractivity contribution in [1.82, 2.24) is 0 Å². The van der Waals surface area contributed by atoms with Gasteiger partial charge in [-0.1, -0.05) is 42.8 Å². The van der Waals surface area contributed by atoms with Gasteiger partial charge in [-0.05, 0) is 65.2 Å². The van der Waals surface area contributed by atoms with Gasteiger partial charge >= 0.3 is 6.80 Å². The molecular weight excluding hydrogens is 375 g/mol. The van der Waals surface area contributed by atoms with Crippen LogP contribution in [-0.2, 0) is 9.09 Å². The van der Waals surface area contributed by atoms with Crippen molar-refractivity contribution in [3.05, 3.63) is 53.6 Å². The molecule has 3 nitrogen and oxygen atoms in total. The van der Waals surface area contributed by atoms with Crippen LogP contribution in [0.5, 0.6) is 5.75 Å². The largest absolute Gasteiger partial charge is 0.440 e. The Morgan fingerprint density at radius 2 is 1.76 bits per heavy atom. The second-order valence-corrected chi connectivity index (χ2v) is 10.1. The summed E-state index contributed by atoms with van der Waals surface area (Å²) in [5.41, 5.74) is 0. The van der Waals surface area contributed by atoms with Gasteiger partial charge in [0.1, 0.15) is 5.75 Å². The van der Waals surface area contributed by atoms with Crippen LogP contribution in [0.4, 0.5) is 0 Å². The first kappa shape index (κ1) is 18.6. The number of benzene rings is 3. The van der Waals surface area contributed by atoms with Crippen molar-refractivity contribution in [1.29, 1.82) is 0 Å². The molecule has 0 aliphatic heterocycles. The predicted molar refractivity (Wildman–Crippen MR) is 109 cm³/mol. The molecule has 0 radical (unpaired) electrons. The van der Waals surface area contributed by atoms with Crippen LogP contribution in [0.2, 0.25) is 5.02 Å². The molecule has 3 aromatic carbocycles. The zero-order chi connectivity index (χ0) is 17.9. The molecule has 0 bridgehead atoms. The van der Waals surface area contributed by atoms with Crippen LogP contribution in [0.1, 0.15) is 20.3 Å². The molecule has 3 rings (SSSR count). The second-order valence-electron chi connectivity index (χ2n) is 5.62. The van der Waals surface area contributed by atoms with Crippen LogP contribution < -0.4 is 4.52 Å². The molecule has 25 heavy (non-hydrogen) atoms. The van der Waals surface area contributed by atoms with E-state index in [2.05, 4.69) is 24.3 Å². The van der Waals surface area contributed by atoms with E-state index >= 15 is 0 Å². The van der Waals surface area contributed by atoms with Crippen LogP contribution >= 0.6 is 29.8 Å². The first-order valence-corrected chi connectivity index (χ1v) is 11.8. The number of fused-ring (bicyclic) bond motifs is 2. The normalized spacial score (nSPS) is 13.9. The Labute approximate surface area is 156 Å². The lowest BCUT2D eigenvalue weighted by Crippen LogP contribution is -1.96. The fourth-order valence-corrected chi connectivity index (χ4v) is 6.33. The molecule has 6 heteroatoms. The van der Waals surface area contributed by atoms with Gasteiger partial charge in [0, 0.05) is 11.1 Å². The van der Waals surface area contributed by atoms with Gasteiger partial charge in [0.2, 0.25) is 0 Å². The Morgan fingerprint density at radius 1 is 1.04 bits per heavy atom. The summed E-state index contributed by atoms with van der Waals surface area (Å²) < 4.78 is 24.0. The van der Waals surface area contributed by atoms with E-state index < -0.39 is 6.80 Å². The number of hydrogen-bond acceptors (Lipinski definition) is 4. The molecule has 1 atom stereocenters. The summed E-state index contributed by atoms with van der Waals surface area (Å²) in [6.07, 6.45) is 0.898. The average Bonchev–Trinajstić information content (AvgIpc) is 2.59. The van der Waals surface area contributed by atoms with E-state index in [9.17, 15) is 4.57 Å². The van der Waals surface area contributed by atoms with Gasteiger partial charge in [-0.25, -0.2) is 4.57 Å². The third-order valence-electron chi connectivity index (χ3n) is 3.70. The maximum Gasteiger partial charge on any atom is 0.440 e. The molecule has 0 aliphatic carbocycles. The summed E-state index contributed by atoms with van der Waals surface area (Å²) in [6.45, 7) is 0.924. The first-order valence-electron chi connectivity index (χ1n) is 8.25. The third kappa shape index (κ3) is 4.32. The Bertz CT molecular complexity index is 944. The molecule has 0 aliphatic rings. The minimum Gasteiger partial charge on any atom is -0.417 e. The zero-order valence-corrected chi connectivity index (χ0v) is 16.7. The molecule has 132 valence electrons. The fourth-order valence-electron chi connectivity index (χ4n) is 2.61. The Balaban J connectivity index is 2.01. The molecule has 0 N–H and O–H groups in total. The molecule has 0 aromatic heterocycles. The smallest absolute Gasteiger partial charge is 0.417 e. The molecule has 0 saturated carbocycles. The van der Waals surface area contributed by atoms with Gasteiger partial charge in [0.05, 0.1) is 11.6 Å². The quantitative estimate of drug-likeness (QED) is 0.311. The average molecular weight is 395 g/mol. The molecule has 0 spiro atoms. The lowest BCUT2D eigenvalue weighted by molar-refractivity contribution is 0.296. The van der Waals surface area contributed by atoms with Crippen LogP contribution in [0, 0.1) is 0 Å². The van der Waals surface area contributed by atoms with Crippen LogP contribution in [0.15, 0.2) is 48.5 Å². The van der Waals surface area contributed by atoms with E-state index in [-0.39, 0.29) is 0 Å². The van der Waals surface area contributed by atoms with Crippen molar-refractivity contribution < 1.29 is 13.6 Å². The topological polar surface area (TPSA) is 35.5 Å². The predicted octanol–water partition coefficient (Wildman–Crippen LogP) is 7.31. The van der Waals surface area contributed by atoms with Gasteiger partial charge in [0.15, 0.2) is 0 Å². The molecule has 0 heterocycles. The highest BCUT2D eigenvalue weighted by atomic mass is 35.5. The number of halogens is 1. The Kier molecular flexibility index (Phi) is 5.96. The van der Waals surface area contributed by atoms with Crippen molar-refractivity contribution in [2.45, 2.75) is 20.3 Å². The van der Waals surface area contributed by atoms with E-state index in [1.54, 1.807) is 6.07 Å². The minimum absolute atomic E-state index is 0.333.